The Balaban J connectivity index is 1.49. The van der Waals surface area contributed by atoms with Crippen LogP contribution in [0.2, 0.25) is 0 Å². The van der Waals surface area contributed by atoms with Crippen molar-refractivity contribution in [2.24, 2.45) is 0 Å². The molecule has 4 atom stereocenters. The minimum atomic E-state index is -0.508. The number of rotatable bonds is 6. The fourth-order valence-corrected chi connectivity index (χ4v) is 3.62. The maximum absolute atomic E-state index is 6.60. The van der Waals surface area contributed by atoms with Crippen LogP contribution in [0.3, 0.4) is 0 Å². The highest BCUT2D eigenvalue weighted by atomic mass is 16.8. The molecule has 0 spiro atoms. The van der Waals surface area contributed by atoms with Crippen LogP contribution < -0.4 is 0 Å². The largest absolute Gasteiger partial charge is 0.373 e. The Morgan fingerprint density at radius 3 is 1.57 bits per heavy atom. The maximum Gasteiger partial charge on any atom is 0.174 e. The summed E-state index contributed by atoms with van der Waals surface area (Å²) >= 11 is 0. The number of hydrogen-bond donors (Lipinski definition) is 0. The lowest BCUT2D eigenvalue weighted by Crippen LogP contribution is -2.52. The summed E-state index contributed by atoms with van der Waals surface area (Å²) in [4.78, 5) is 0. The van der Waals surface area contributed by atoms with Crippen LogP contribution in [0.25, 0.3) is 0 Å². The molecular weight excluding hydrogens is 272 g/mol. The van der Waals surface area contributed by atoms with Crippen molar-refractivity contribution in [3.05, 3.63) is 0 Å². The van der Waals surface area contributed by atoms with Gasteiger partial charge >= 0.3 is 0 Å². The first-order valence-electron chi connectivity index (χ1n) is 8.49. The standard InChI is InChI=1S/C16H26O5/c1-3-7-19-15(5-1,9-13-11-17-13)21-16(10-14-12-18-14)6-2-4-8-20-16/h13-14H,1-12H2. The Bertz CT molecular complexity index is 318. The van der Waals surface area contributed by atoms with E-state index in [-0.39, 0.29) is 0 Å². The van der Waals surface area contributed by atoms with E-state index in [1.54, 1.807) is 0 Å². The van der Waals surface area contributed by atoms with Crippen LogP contribution in [-0.4, -0.2) is 50.2 Å². The summed E-state index contributed by atoms with van der Waals surface area (Å²) in [5.41, 5.74) is 0. The van der Waals surface area contributed by atoms with E-state index in [0.717, 1.165) is 77.8 Å². The van der Waals surface area contributed by atoms with Gasteiger partial charge in [0.05, 0.1) is 38.6 Å². The molecule has 0 bridgehead atoms. The van der Waals surface area contributed by atoms with E-state index in [0.29, 0.717) is 12.2 Å². The average Bonchev–Trinajstić information content (AvgIpc) is 3.38. The van der Waals surface area contributed by atoms with Crippen LogP contribution in [0.4, 0.5) is 0 Å². The Morgan fingerprint density at radius 1 is 0.762 bits per heavy atom. The van der Waals surface area contributed by atoms with Crippen LogP contribution in [0.1, 0.15) is 51.4 Å². The van der Waals surface area contributed by atoms with Crippen molar-refractivity contribution in [1.29, 1.82) is 0 Å². The molecule has 0 aromatic rings. The normalized spacial score (nSPS) is 46.3. The van der Waals surface area contributed by atoms with Crippen molar-refractivity contribution < 1.29 is 23.7 Å². The summed E-state index contributed by atoms with van der Waals surface area (Å²) in [6.07, 6.45) is 8.74. The zero-order valence-electron chi connectivity index (χ0n) is 12.7. The van der Waals surface area contributed by atoms with Crippen molar-refractivity contribution in [1.82, 2.24) is 0 Å². The lowest BCUT2D eigenvalue weighted by atomic mass is 9.96. The van der Waals surface area contributed by atoms with Crippen LogP contribution in [0, 0.1) is 0 Å². The molecule has 5 nitrogen and oxygen atoms in total. The third-order valence-corrected chi connectivity index (χ3v) is 4.89. The van der Waals surface area contributed by atoms with Gasteiger partial charge in [0.25, 0.3) is 0 Å². The topological polar surface area (TPSA) is 52.8 Å². The van der Waals surface area contributed by atoms with E-state index >= 15 is 0 Å². The number of hydrogen-bond acceptors (Lipinski definition) is 5. The van der Waals surface area contributed by atoms with Crippen LogP contribution in [-0.2, 0) is 23.7 Å². The highest BCUT2D eigenvalue weighted by Gasteiger charge is 2.50. The zero-order valence-corrected chi connectivity index (χ0v) is 12.7. The molecular formula is C16H26O5. The molecule has 120 valence electrons. The Kier molecular flexibility index (Phi) is 3.96. The highest BCUT2D eigenvalue weighted by Crippen LogP contribution is 2.43. The Labute approximate surface area is 126 Å². The van der Waals surface area contributed by atoms with Gasteiger partial charge in [-0.15, -0.1) is 0 Å². The molecule has 4 fully saturated rings. The van der Waals surface area contributed by atoms with Gasteiger partial charge in [-0.1, -0.05) is 0 Å². The molecule has 0 aromatic heterocycles. The average molecular weight is 298 g/mol. The summed E-state index contributed by atoms with van der Waals surface area (Å²) in [7, 11) is 0. The third-order valence-electron chi connectivity index (χ3n) is 4.89. The molecule has 0 aromatic carbocycles. The molecule has 4 unspecified atom stereocenters. The molecule has 21 heavy (non-hydrogen) atoms. The molecule has 4 aliphatic heterocycles. The van der Waals surface area contributed by atoms with E-state index in [9.17, 15) is 0 Å². The van der Waals surface area contributed by atoms with E-state index in [2.05, 4.69) is 0 Å². The van der Waals surface area contributed by atoms with Crippen LogP contribution in [0.5, 0.6) is 0 Å². The molecule has 4 heterocycles. The van der Waals surface area contributed by atoms with Gasteiger partial charge in [-0.05, 0) is 25.7 Å². The second kappa shape index (κ2) is 5.78. The van der Waals surface area contributed by atoms with Gasteiger partial charge in [-0.2, -0.15) is 0 Å². The summed E-state index contributed by atoms with van der Waals surface area (Å²) < 4.78 is 29.7. The SMILES string of the molecule is C1CCC(CC2CO2)(OC2(CC3CO3)CCCCO2)OC1. The molecule has 4 saturated heterocycles. The van der Waals surface area contributed by atoms with Gasteiger partial charge in [0.1, 0.15) is 0 Å². The predicted molar refractivity (Wildman–Crippen MR) is 74.9 cm³/mol. The quantitative estimate of drug-likeness (QED) is 0.705. The van der Waals surface area contributed by atoms with Gasteiger partial charge in [0.2, 0.25) is 0 Å². The minimum absolute atomic E-state index is 0.306. The second-order valence-electron chi connectivity index (χ2n) is 6.85. The lowest BCUT2D eigenvalue weighted by molar-refractivity contribution is -0.381. The molecule has 4 aliphatic rings. The van der Waals surface area contributed by atoms with E-state index in [4.69, 9.17) is 23.7 Å². The number of epoxide rings is 2. The van der Waals surface area contributed by atoms with Gasteiger partial charge in [-0.25, -0.2) is 0 Å². The van der Waals surface area contributed by atoms with Gasteiger partial charge in [0.15, 0.2) is 11.6 Å². The molecule has 0 aliphatic carbocycles. The third kappa shape index (κ3) is 3.59. The molecule has 0 radical (unpaired) electrons. The van der Waals surface area contributed by atoms with E-state index in [1.807, 2.05) is 0 Å². The Morgan fingerprint density at radius 2 is 1.24 bits per heavy atom. The van der Waals surface area contributed by atoms with Gasteiger partial charge < -0.3 is 23.7 Å². The van der Waals surface area contributed by atoms with Gasteiger partial charge in [0, 0.05) is 25.7 Å². The van der Waals surface area contributed by atoms with Crippen LogP contribution >= 0.6 is 0 Å². The van der Waals surface area contributed by atoms with E-state index in [1.165, 1.54) is 0 Å². The summed E-state index contributed by atoms with van der Waals surface area (Å²) in [6.45, 7) is 3.24. The van der Waals surface area contributed by atoms with E-state index < -0.39 is 11.6 Å². The fraction of sp³-hybridized carbons (Fsp3) is 1.00. The smallest absolute Gasteiger partial charge is 0.174 e. The van der Waals surface area contributed by atoms with Crippen molar-refractivity contribution >= 4 is 0 Å². The second-order valence-corrected chi connectivity index (χ2v) is 6.85. The zero-order chi connectivity index (χ0) is 14.2. The molecule has 0 N–H and O–H groups in total. The molecule has 0 amide bonds. The van der Waals surface area contributed by atoms with Gasteiger partial charge in [-0.3, -0.25) is 0 Å². The molecule has 5 heteroatoms. The lowest BCUT2D eigenvalue weighted by Gasteiger charge is -2.46. The number of ether oxygens (including phenoxy) is 5. The molecule has 4 rings (SSSR count). The van der Waals surface area contributed by atoms with Crippen molar-refractivity contribution in [3.63, 3.8) is 0 Å². The first-order chi connectivity index (χ1) is 10.3. The van der Waals surface area contributed by atoms with Crippen LogP contribution in [0.15, 0.2) is 0 Å². The summed E-state index contributed by atoms with van der Waals surface area (Å²) in [5, 5.41) is 0. The maximum atomic E-state index is 6.60. The summed E-state index contributed by atoms with van der Waals surface area (Å²) in [5.74, 6) is -1.02. The minimum Gasteiger partial charge on any atom is -0.373 e. The summed E-state index contributed by atoms with van der Waals surface area (Å²) in [6, 6.07) is 0. The Hall–Kier alpha value is -0.200. The van der Waals surface area contributed by atoms with Crippen molar-refractivity contribution in [3.8, 4) is 0 Å². The van der Waals surface area contributed by atoms with Crippen molar-refractivity contribution in [2.45, 2.75) is 75.1 Å². The highest BCUT2D eigenvalue weighted by molar-refractivity contribution is 4.89. The molecule has 0 saturated carbocycles. The van der Waals surface area contributed by atoms with Crippen molar-refractivity contribution in [2.75, 3.05) is 26.4 Å². The fourth-order valence-electron chi connectivity index (χ4n) is 3.62. The first-order valence-corrected chi connectivity index (χ1v) is 8.49. The first kappa shape index (κ1) is 14.4. The monoisotopic (exact) mass is 298 g/mol. The predicted octanol–water partition coefficient (Wildman–Crippen LogP) is 2.37.